The molecule has 25 heavy (non-hydrogen) atoms. The van der Waals surface area contributed by atoms with E-state index >= 15 is 0 Å². The highest BCUT2D eigenvalue weighted by Gasteiger charge is 2.38. The molecule has 0 saturated heterocycles. The first-order chi connectivity index (χ1) is 12.1. The van der Waals surface area contributed by atoms with Crippen molar-refractivity contribution in [3.05, 3.63) is 65.1 Å². The summed E-state index contributed by atoms with van der Waals surface area (Å²) >= 11 is 0. The number of hydrogen-bond acceptors (Lipinski definition) is 4. The third-order valence-electron chi connectivity index (χ3n) is 5.07. The van der Waals surface area contributed by atoms with E-state index in [2.05, 4.69) is 16.6 Å². The first-order valence-corrected chi connectivity index (χ1v) is 8.71. The van der Waals surface area contributed by atoms with Gasteiger partial charge in [0, 0.05) is 24.1 Å². The van der Waals surface area contributed by atoms with Gasteiger partial charge in [-0.05, 0) is 32.4 Å². The molecule has 3 heterocycles. The van der Waals surface area contributed by atoms with Crippen LogP contribution in [0.4, 0.5) is 5.69 Å². The Bertz CT molecular complexity index is 904. The number of nitrogens with one attached hydrogen (secondary N) is 1. The van der Waals surface area contributed by atoms with E-state index < -0.39 is 6.10 Å². The van der Waals surface area contributed by atoms with Gasteiger partial charge >= 0.3 is 0 Å². The highest BCUT2D eigenvalue weighted by atomic mass is 16.5. The van der Waals surface area contributed by atoms with Gasteiger partial charge in [0.1, 0.15) is 12.2 Å². The number of aliphatic hydroxyl groups excluding tert-OH is 1. The van der Waals surface area contributed by atoms with Crippen LogP contribution in [0, 0.1) is 13.8 Å². The largest absolute Gasteiger partial charge is 0.388 e. The van der Waals surface area contributed by atoms with Gasteiger partial charge in [-0.1, -0.05) is 30.3 Å². The molecule has 1 aliphatic rings. The van der Waals surface area contributed by atoms with Crippen molar-refractivity contribution in [2.45, 2.75) is 39.0 Å². The number of rotatable bonds is 3. The van der Waals surface area contributed by atoms with Crippen molar-refractivity contribution in [2.24, 2.45) is 0 Å². The fraction of sp³-hybridized carbons (Fsp3) is 0.350. The van der Waals surface area contributed by atoms with Crippen LogP contribution in [-0.2, 0) is 4.74 Å². The minimum atomic E-state index is -0.672. The van der Waals surface area contributed by atoms with E-state index in [-0.39, 0.29) is 12.1 Å². The van der Waals surface area contributed by atoms with Crippen LogP contribution < -0.4 is 5.32 Å². The Hall–Kier alpha value is -2.37. The fourth-order valence-corrected chi connectivity index (χ4v) is 3.65. The Balaban J connectivity index is 1.90. The monoisotopic (exact) mass is 337 g/mol. The molecule has 0 fully saturated rings. The van der Waals surface area contributed by atoms with Crippen molar-refractivity contribution in [2.75, 3.05) is 11.9 Å². The van der Waals surface area contributed by atoms with Gasteiger partial charge < -0.3 is 19.6 Å². The quantitative estimate of drug-likeness (QED) is 0.767. The van der Waals surface area contributed by atoms with E-state index in [1.165, 1.54) is 0 Å². The first-order valence-electron chi connectivity index (χ1n) is 8.71. The summed E-state index contributed by atoms with van der Waals surface area (Å²) in [4.78, 5) is 4.74. The molecule has 0 bridgehead atoms. The number of aromatic nitrogens is 2. The van der Waals surface area contributed by atoms with E-state index in [4.69, 9.17) is 9.72 Å². The number of imidazole rings is 1. The lowest BCUT2D eigenvalue weighted by Crippen LogP contribution is -2.37. The van der Waals surface area contributed by atoms with Crippen molar-refractivity contribution in [1.29, 1.82) is 0 Å². The van der Waals surface area contributed by atoms with E-state index in [1.807, 2.05) is 56.4 Å². The zero-order valence-corrected chi connectivity index (χ0v) is 14.7. The van der Waals surface area contributed by atoms with Gasteiger partial charge in [0.05, 0.1) is 17.4 Å². The van der Waals surface area contributed by atoms with Gasteiger partial charge in [-0.15, -0.1) is 0 Å². The van der Waals surface area contributed by atoms with Gasteiger partial charge in [0.2, 0.25) is 0 Å². The number of benzene rings is 1. The second-order valence-electron chi connectivity index (χ2n) is 6.52. The zero-order chi connectivity index (χ0) is 17.6. The molecule has 1 aliphatic heterocycles. The molecule has 1 aromatic carbocycles. The van der Waals surface area contributed by atoms with Crippen LogP contribution >= 0.6 is 0 Å². The van der Waals surface area contributed by atoms with E-state index in [0.717, 1.165) is 33.8 Å². The van der Waals surface area contributed by atoms with Gasteiger partial charge in [0.25, 0.3) is 0 Å². The molecule has 2 N–H and O–H groups in total. The fourth-order valence-electron chi connectivity index (χ4n) is 3.65. The molecule has 3 atom stereocenters. The molecule has 0 amide bonds. The lowest BCUT2D eigenvalue weighted by Gasteiger charge is -2.37. The summed E-state index contributed by atoms with van der Waals surface area (Å²) in [5.74, 6) is 0. The van der Waals surface area contributed by atoms with Crippen molar-refractivity contribution < 1.29 is 9.84 Å². The topological polar surface area (TPSA) is 58.8 Å². The van der Waals surface area contributed by atoms with Crippen LogP contribution in [0.1, 0.15) is 41.6 Å². The maximum atomic E-state index is 11.0. The van der Waals surface area contributed by atoms with E-state index in [1.54, 1.807) is 0 Å². The minimum Gasteiger partial charge on any atom is -0.388 e. The van der Waals surface area contributed by atoms with Crippen LogP contribution in [0.2, 0.25) is 0 Å². The average Bonchev–Trinajstić information content (AvgIpc) is 2.92. The van der Waals surface area contributed by atoms with Gasteiger partial charge in [-0.2, -0.15) is 0 Å². The number of aliphatic hydroxyl groups is 1. The number of fused-ring (bicyclic) bond motifs is 3. The maximum Gasteiger partial charge on any atom is 0.161 e. The summed E-state index contributed by atoms with van der Waals surface area (Å²) in [6, 6.07) is 11.8. The summed E-state index contributed by atoms with van der Waals surface area (Å²) < 4.78 is 8.02. The van der Waals surface area contributed by atoms with E-state index in [9.17, 15) is 5.11 Å². The third kappa shape index (κ3) is 2.51. The molecule has 3 aromatic rings. The highest BCUT2D eigenvalue weighted by molar-refractivity contribution is 5.75. The number of aryl methyl sites for hydroxylation is 2. The Kier molecular flexibility index (Phi) is 3.98. The van der Waals surface area contributed by atoms with Crippen molar-refractivity contribution in [3.8, 4) is 0 Å². The molecule has 0 radical (unpaired) electrons. The van der Waals surface area contributed by atoms with Crippen LogP contribution in [0.25, 0.3) is 5.65 Å². The van der Waals surface area contributed by atoms with Gasteiger partial charge in [0.15, 0.2) is 5.65 Å². The molecule has 5 heteroatoms. The maximum absolute atomic E-state index is 11.0. The summed E-state index contributed by atoms with van der Waals surface area (Å²) in [5, 5.41) is 14.5. The smallest absolute Gasteiger partial charge is 0.161 e. The Morgan fingerprint density at radius 1 is 1.20 bits per heavy atom. The number of nitrogens with zero attached hydrogens (tertiary/aromatic N) is 2. The molecule has 0 saturated carbocycles. The molecule has 130 valence electrons. The summed E-state index contributed by atoms with van der Waals surface area (Å²) in [6.07, 6.45) is 0.954. The molecule has 5 nitrogen and oxygen atoms in total. The van der Waals surface area contributed by atoms with Crippen LogP contribution in [0.3, 0.4) is 0 Å². The molecule has 0 aliphatic carbocycles. The predicted octanol–water partition coefficient (Wildman–Crippen LogP) is 3.56. The van der Waals surface area contributed by atoms with Crippen LogP contribution in [0.5, 0.6) is 0 Å². The van der Waals surface area contributed by atoms with Gasteiger partial charge in [-0.25, -0.2) is 4.98 Å². The van der Waals surface area contributed by atoms with E-state index in [0.29, 0.717) is 6.61 Å². The number of anilines is 1. The number of hydrogen-bond donors (Lipinski definition) is 2. The minimum absolute atomic E-state index is 0.242. The summed E-state index contributed by atoms with van der Waals surface area (Å²) in [5.41, 5.74) is 5.94. The molecule has 2 aromatic heterocycles. The molecular formula is C20H23N3O2. The average molecular weight is 337 g/mol. The number of pyridine rings is 1. The second-order valence-corrected chi connectivity index (χ2v) is 6.52. The molecular weight excluding hydrogens is 314 g/mol. The summed E-state index contributed by atoms with van der Waals surface area (Å²) in [7, 11) is 0. The molecule has 0 spiro atoms. The predicted molar refractivity (Wildman–Crippen MR) is 97.8 cm³/mol. The van der Waals surface area contributed by atoms with Gasteiger partial charge in [-0.3, -0.25) is 0 Å². The standard InChI is InChI=1S/C20H23N3O2/c1-4-25-19-15-10-11-23-13(3)12(2)21-20(23)17(15)22-16(18(19)24)14-8-6-5-7-9-14/h5-11,16,18-19,22,24H,4H2,1-3H3. The van der Waals surface area contributed by atoms with Crippen LogP contribution in [-0.4, -0.2) is 27.2 Å². The molecule has 4 rings (SSSR count). The second kappa shape index (κ2) is 6.17. The van der Waals surface area contributed by atoms with Crippen molar-refractivity contribution >= 4 is 11.3 Å². The highest BCUT2D eigenvalue weighted by Crippen LogP contribution is 2.43. The SMILES string of the molecule is CCOC1c2ccn3c(C)c(C)nc3c2NC(c2ccccc2)C1O. The third-order valence-corrected chi connectivity index (χ3v) is 5.07. The van der Waals surface area contributed by atoms with Crippen molar-refractivity contribution in [3.63, 3.8) is 0 Å². The molecule has 3 unspecified atom stereocenters. The lowest BCUT2D eigenvalue weighted by atomic mass is 9.89. The lowest BCUT2D eigenvalue weighted by molar-refractivity contribution is -0.0462. The number of ether oxygens (including phenoxy) is 1. The Labute approximate surface area is 147 Å². The summed E-state index contributed by atoms with van der Waals surface area (Å²) in [6.45, 7) is 6.57. The van der Waals surface area contributed by atoms with Crippen molar-refractivity contribution in [1.82, 2.24) is 9.38 Å². The zero-order valence-electron chi connectivity index (χ0n) is 14.7. The first kappa shape index (κ1) is 16.1. The Morgan fingerprint density at radius 2 is 1.96 bits per heavy atom. The normalized spacial score (nSPS) is 22.6. The Morgan fingerprint density at radius 3 is 2.68 bits per heavy atom. The van der Waals surface area contributed by atoms with Crippen LogP contribution in [0.15, 0.2) is 42.6 Å².